The third-order valence-corrected chi connectivity index (χ3v) is 4.96. The highest BCUT2D eigenvalue weighted by molar-refractivity contribution is 7.16. The summed E-state index contributed by atoms with van der Waals surface area (Å²) >= 11 is 1.72. The number of aliphatic hydroxyl groups excluding tert-OH is 1. The van der Waals surface area contributed by atoms with Crippen LogP contribution in [-0.4, -0.2) is 9.67 Å². The van der Waals surface area contributed by atoms with Crippen molar-refractivity contribution in [1.82, 2.24) is 4.57 Å². The Morgan fingerprint density at radius 1 is 1.24 bits per heavy atom. The van der Waals surface area contributed by atoms with Crippen molar-refractivity contribution in [1.29, 1.82) is 0 Å². The number of thiophene rings is 1. The number of benzene rings is 1. The molecule has 0 spiro atoms. The third-order valence-electron chi connectivity index (χ3n) is 4.03. The summed E-state index contributed by atoms with van der Waals surface area (Å²) in [5.74, 6) is 0.200. The van der Waals surface area contributed by atoms with Gasteiger partial charge >= 0.3 is 0 Å². The second-order valence-corrected chi connectivity index (χ2v) is 6.35. The molecule has 0 aliphatic rings. The highest BCUT2D eigenvalue weighted by Crippen LogP contribution is 2.32. The van der Waals surface area contributed by atoms with Crippen LogP contribution in [0.2, 0.25) is 0 Å². The van der Waals surface area contributed by atoms with Gasteiger partial charge in [-0.2, -0.15) is 0 Å². The maximum atomic E-state index is 9.56. The second kappa shape index (κ2) is 5.41. The highest BCUT2D eigenvalue weighted by atomic mass is 32.1. The Kier molecular flexibility index (Phi) is 3.60. The van der Waals surface area contributed by atoms with Crippen LogP contribution in [0, 0.1) is 13.8 Å². The predicted octanol–water partition coefficient (Wildman–Crippen LogP) is 4.98. The molecular formula is C18H19NOS. The molecule has 0 amide bonds. The van der Waals surface area contributed by atoms with Gasteiger partial charge in [-0.1, -0.05) is 30.8 Å². The van der Waals surface area contributed by atoms with Gasteiger partial charge in [0.05, 0.1) is 6.54 Å². The Bertz CT molecular complexity index is 810. The molecule has 0 bridgehead atoms. The lowest BCUT2D eigenvalue weighted by atomic mass is 9.99. The van der Waals surface area contributed by atoms with E-state index in [0.29, 0.717) is 6.54 Å². The predicted molar refractivity (Wildman–Crippen MR) is 90.3 cm³/mol. The fraction of sp³-hybridized carbons (Fsp3) is 0.222. The molecule has 0 saturated heterocycles. The van der Waals surface area contributed by atoms with Gasteiger partial charge in [0, 0.05) is 17.5 Å². The zero-order valence-corrected chi connectivity index (χ0v) is 13.2. The highest BCUT2D eigenvalue weighted by Gasteiger charge is 2.16. The van der Waals surface area contributed by atoms with E-state index in [0.717, 1.165) is 6.42 Å². The van der Waals surface area contributed by atoms with E-state index >= 15 is 0 Å². The number of nitrogens with zero attached hydrogens (tertiary/aromatic N) is 1. The summed E-state index contributed by atoms with van der Waals surface area (Å²) in [6.45, 7) is 8.38. The molecule has 2 nitrogen and oxygen atoms in total. The molecule has 1 N–H and O–H groups in total. The second-order valence-electron chi connectivity index (χ2n) is 5.46. The van der Waals surface area contributed by atoms with Crippen LogP contribution in [0.1, 0.15) is 22.4 Å². The lowest BCUT2D eigenvalue weighted by molar-refractivity contribution is 0.380. The zero-order chi connectivity index (χ0) is 15.0. The molecule has 2 heterocycles. The van der Waals surface area contributed by atoms with E-state index in [1.807, 2.05) is 0 Å². The van der Waals surface area contributed by atoms with Crippen molar-refractivity contribution in [2.75, 3.05) is 0 Å². The van der Waals surface area contributed by atoms with E-state index in [4.69, 9.17) is 0 Å². The smallest absolute Gasteiger partial charge is 0.105 e. The molecule has 1 aromatic carbocycles. The Hall–Kier alpha value is -2.00. The molecular weight excluding hydrogens is 278 g/mol. The summed E-state index contributed by atoms with van der Waals surface area (Å²) in [7, 11) is 0. The van der Waals surface area contributed by atoms with Crippen LogP contribution in [0.15, 0.2) is 48.0 Å². The van der Waals surface area contributed by atoms with Crippen LogP contribution < -0.4 is 0 Å². The third kappa shape index (κ3) is 2.49. The minimum atomic E-state index is 0.200. The molecule has 0 aliphatic carbocycles. The maximum Gasteiger partial charge on any atom is 0.105 e. The van der Waals surface area contributed by atoms with Gasteiger partial charge in [-0.05, 0) is 42.0 Å². The summed E-state index contributed by atoms with van der Waals surface area (Å²) < 4.78 is 2.16. The van der Waals surface area contributed by atoms with Crippen LogP contribution >= 0.6 is 11.3 Å². The summed E-state index contributed by atoms with van der Waals surface area (Å²) in [4.78, 5) is 1.21. The van der Waals surface area contributed by atoms with E-state index in [9.17, 15) is 5.11 Å². The first kappa shape index (κ1) is 14.0. The summed E-state index contributed by atoms with van der Waals surface area (Å²) in [6.07, 6.45) is 0.927. The minimum absolute atomic E-state index is 0.200. The fourth-order valence-corrected chi connectivity index (χ4v) is 3.82. The average molecular weight is 297 g/mol. The lowest BCUT2D eigenvalue weighted by Crippen LogP contribution is -2.02. The van der Waals surface area contributed by atoms with Crippen molar-refractivity contribution in [3.05, 3.63) is 70.4 Å². The zero-order valence-electron chi connectivity index (χ0n) is 12.4. The van der Waals surface area contributed by atoms with E-state index in [-0.39, 0.29) is 5.76 Å². The van der Waals surface area contributed by atoms with Crippen molar-refractivity contribution in [3.8, 4) is 0 Å². The summed E-state index contributed by atoms with van der Waals surface area (Å²) in [6, 6.07) is 10.7. The van der Waals surface area contributed by atoms with Crippen molar-refractivity contribution in [2.24, 2.45) is 0 Å². The van der Waals surface area contributed by atoms with Crippen LogP contribution in [0.4, 0.5) is 0 Å². The van der Waals surface area contributed by atoms with Gasteiger partial charge in [0.25, 0.3) is 0 Å². The van der Waals surface area contributed by atoms with Crippen LogP contribution in [-0.2, 0) is 13.0 Å². The molecule has 3 aromatic rings. The molecule has 0 atom stereocenters. The van der Waals surface area contributed by atoms with Gasteiger partial charge in [-0.15, -0.1) is 11.3 Å². The molecule has 0 radical (unpaired) electrons. The quantitative estimate of drug-likeness (QED) is 0.675. The number of aromatic nitrogens is 1. The molecule has 2 aromatic heterocycles. The van der Waals surface area contributed by atoms with E-state index in [1.54, 1.807) is 11.3 Å². The molecule has 0 fully saturated rings. The number of aryl methyl sites for hydroxylation is 1. The number of hydrogen-bond acceptors (Lipinski definition) is 2. The number of allylic oxidation sites excluding steroid dienone is 1. The van der Waals surface area contributed by atoms with Gasteiger partial charge < -0.3 is 9.67 Å². The Morgan fingerprint density at radius 3 is 2.71 bits per heavy atom. The van der Waals surface area contributed by atoms with Gasteiger partial charge in [0.1, 0.15) is 10.6 Å². The molecule has 3 rings (SSSR count). The molecule has 0 unspecified atom stereocenters. The van der Waals surface area contributed by atoms with Crippen molar-refractivity contribution >= 4 is 21.6 Å². The number of hydrogen-bond donors (Lipinski definition) is 1. The van der Waals surface area contributed by atoms with E-state index in [2.05, 4.69) is 60.7 Å². The summed E-state index contributed by atoms with van der Waals surface area (Å²) in [5.41, 5.74) is 5.24. The number of fused-ring (bicyclic) bond motifs is 1. The first-order valence-electron chi connectivity index (χ1n) is 7.04. The molecule has 0 aliphatic heterocycles. The largest absolute Gasteiger partial charge is 0.511 e. The van der Waals surface area contributed by atoms with Crippen LogP contribution in [0.3, 0.4) is 0 Å². The van der Waals surface area contributed by atoms with Crippen LogP contribution in [0.25, 0.3) is 10.2 Å². The van der Waals surface area contributed by atoms with Crippen molar-refractivity contribution in [3.63, 3.8) is 0 Å². The van der Waals surface area contributed by atoms with E-state index in [1.165, 1.54) is 32.6 Å². The SMILES string of the molecule is C=C(O)Cn1c(C)c(Cc2ccccc2C)c2ccsc21. The van der Waals surface area contributed by atoms with Gasteiger partial charge in [0.15, 0.2) is 0 Å². The first-order chi connectivity index (χ1) is 10.1. The molecule has 3 heteroatoms. The Balaban J connectivity index is 2.10. The van der Waals surface area contributed by atoms with Crippen LogP contribution in [0.5, 0.6) is 0 Å². The maximum absolute atomic E-state index is 9.56. The standard InChI is InChI=1S/C18H19NOS/c1-12-6-4-5-7-15(12)10-17-14(3)19(11-13(2)20)18-16(17)8-9-21-18/h4-9,20H,2,10-11H2,1,3H3. The van der Waals surface area contributed by atoms with Gasteiger partial charge in [-0.3, -0.25) is 0 Å². The fourth-order valence-electron chi connectivity index (χ4n) is 2.85. The van der Waals surface area contributed by atoms with E-state index < -0.39 is 0 Å². The monoisotopic (exact) mass is 297 g/mol. The number of rotatable bonds is 4. The molecule has 108 valence electrons. The first-order valence-corrected chi connectivity index (χ1v) is 7.92. The lowest BCUT2D eigenvalue weighted by Gasteiger charge is -2.09. The van der Waals surface area contributed by atoms with Gasteiger partial charge in [0.2, 0.25) is 0 Å². The Morgan fingerprint density at radius 2 is 2.00 bits per heavy atom. The Labute approximate surface area is 129 Å². The molecule has 21 heavy (non-hydrogen) atoms. The topological polar surface area (TPSA) is 25.2 Å². The van der Waals surface area contributed by atoms with Crippen molar-refractivity contribution in [2.45, 2.75) is 26.8 Å². The number of aliphatic hydroxyl groups is 1. The van der Waals surface area contributed by atoms with Gasteiger partial charge in [-0.25, -0.2) is 0 Å². The average Bonchev–Trinajstić information content (AvgIpc) is 2.99. The molecule has 0 saturated carbocycles. The summed E-state index contributed by atoms with van der Waals surface area (Å²) in [5, 5.41) is 13.0. The minimum Gasteiger partial charge on any atom is -0.511 e. The van der Waals surface area contributed by atoms with Crippen molar-refractivity contribution < 1.29 is 5.11 Å². The normalized spacial score (nSPS) is 11.1.